The van der Waals surface area contributed by atoms with E-state index in [1.807, 2.05) is 36.4 Å². The molecule has 0 aliphatic heterocycles. The maximum Gasteiger partial charge on any atom is 0.138 e. The van der Waals surface area contributed by atoms with Crippen LogP contribution >= 0.6 is 22.6 Å². The van der Waals surface area contributed by atoms with Gasteiger partial charge in [-0.15, -0.1) is 0 Å². The van der Waals surface area contributed by atoms with Gasteiger partial charge in [0.15, 0.2) is 0 Å². The summed E-state index contributed by atoms with van der Waals surface area (Å²) in [6.07, 6.45) is 0. The van der Waals surface area contributed by atoms with Gasteiger partial charge in [0.05, 0.1) is 26.1 Å². The third-order valence-corrected chi connectivity index (χ3v) is 3.90. The van der Waals surface area contributed by atoms with Crippen LogP contribution in [0, 0.1) is 9.39 Å². The number of anilines is 2. The van der Waals surface area contributed by atoms with Gasteiger partial charge in [-0.25, -0.2) is 4.39 Å². The zero-order chi connectivity index (χ0) is 13.4. The van der Waals surface area contributed by atoms with Crippen molar-refractivity contribution < 1.29 is 9.50 Å². The first-order valence-electron chi connectivity index (χ1n) is 5.29. The SMILES string of the molecule is CC(C)(O)C(C)(C)Nc1cc(F)c(I)cc1N. The maximum atomic E-state index is 13.5. The van der Waals surface area contributed by atoms with Crippen molar-refractivity contribution in [2.45, 2.75) is 38.8 Å². The van der Waals surface area contributed by atoms with E-state index < -0.39 is 11.1 Å². The fourth-order valence-electron chi connectivity index (χ4n) is 1.16. The van der Waals surface area contributed by atoms with Crippen molar-refractivity contribution in [3.05, 3.63) is 21.5 Å². The third kappa shape index (κ3) is 3.22. The van der Waals surface area contributed by atoms with Crippen LogP contribution in [-0.4, -0.2) is 16.2 Å². The summed E-state index contributed by atoms with van der Waals surface area (Å²) < 4.78 is 13.9. The summed E-state index contributed by atoms with van der Waals surface area (Å²) in [5.41, 5.74) is 5.20. The van der Waals surface area contributed by atoms with Crippen molar-refractivity contribution >= 4 is 34.0 Å². The Morgan fingerprint density at radius 1 is 1.29 bits per heavy atom. The lowest BCUT2D eigenvalue weighted by molar-refractivity contribution is 0.0240. The lowest BCUT2D eigenvalue weighted by Gasteiger charge is -2.39. The Bertz CT molecular complexity index is 427. The van der Waals surface area contributed by atoms with E-state index in [2.05, 4.69) is 5.32 Å². The lowest BCUT2D eigenvalue weighted by atomic mass is 9.85. The first-order valence-corrected chi connectivity index (χ1v) is 6.37. The van der Waals surface area contributed by atoms with Crippen LogP contribution in [0.4, 0.5) is 15.8 Å². The van der Waals surface area contributed by atoms with E-state index in [-0.39, 0.29) is 5.82 Å². The summed E-state index contributed by atoms with van der Waals surface area (Å²) in [5.74, 6) is -0.325. The fourth-order valence-corrected chi connectivity index (χ4v) is 1.65. The van der Waals surface area contributed by atoms with Crippen LogP contribution in [0.1, 0.15) is 27.7 Å². The molecule has 0 unspecified atom stereocenters. The molecule has 0 fully saturated rings. The minimum absolute atomic E-state index is 0.325. The lowest BCUT2D eigenvalue weighted by Crippen LogP contribution is -2.51. The van der Waals surface area contributed by atoms with E-state index in [1.54, 1.807) is 19.9 Å². The predicted octanol–water partition coefficient (Wildman–Crippen LogP) is 2.97. The molecule has 0 saturated carbocycles. The highest BCUT2D eigenvalue weighted by molar-refractivity contribution is 14.1. The summed E-state index contributed by atoms with van der Waals surface area (Å²) in [6.45, 7) is 7.06. The topological polar surface area (TPSA) is 58.3 Å². The quantitative estimate of drug-likeness (QED) is 0.579. The van der Waals surface area contributed by atoms with Crippen LogP contribution in [0.3, 0.4) is 0 Å². The second-order valence-corrected chi connectivity index (χ2v) is 6.32. The Kier molecular flexibility index (Phi) is 3.93. The molecule has 0 bridgehead atoms. The molecule has 0 radical (unpaired) electrons. The molecule has 0 saturated heterocycles. The van der Waals surface area contributed by atoms with Gasteiger partial charge in [-0.3, -0.25) is 0 Å². The van der Waals surface area contributed by atoms with E-state index in [0.717, 1.165) is 0 Å². The third-order valence-electron chi connectivity index (χ3n) is 3.07. The number of halogens is 2. The minimum Gasteiger partial charge on any atom is -0.397 e. The highest BCUT2D eigenvalue weighted by Gasteiger charge is 2.35. The summed E-state index contributed by atoms with van der Waals surface area (Å²) >= 11 is 1.89. The number of nitrogen functional groups attached to an aromatic ring is 1. The van der Waals surface area contributed by atoms with Gasteiger partial charge >= 0.3 is 0 Å². The van der Waals surface area contributed by atoms with Gasteiger partial charge in [0, 0.05) is 6.07 Å². The van der Waals surface area contributed by atoms with Gasteiger partial charge in [0.25, 0.3) is 0 Å². The fraction of sp³-hybridized carbons (Fsp3) is 0.500. The van der Waals surface area contributed by atoms with E-state index in [1.165, 1.54) is 6.07 Å². The van der Waals surface area contributed by atoms with Gasteiger partial charge in [0.2, 0.25) is 0 Å². The highest BCUT2D eigenvalue weighted by Crippen LogP contribution is 2.30. The molecular weight excluding hydrogens is 334 g/mol. The van der Waals surface area contributed by atoms with Gasteiger partial charge in [-0.05, 0) is 56.4 Å². The van der Waals surface area contributed by atoms with Crippen molar-refractivity contribution in [3.8, 4) is 0 Å². The van der Waals surface area contributed by atoms with Gasteiger partial charge < -0.3 is 16.2 Å². The normalized spacial score (nSPS) is 12.6. The molecule has 4 N–H and O–H groups in total. The molecular formula is C12H18FIN2O. The summed E-state index contributed by atoms with van der Waals surface area (Å²) in [6, 6.07) is 2.92. The van der Waals surface area contributed by atoms with Crippen molar-refractivity contribution in [3.63, 3.8) is 0 Å². The number of nitrogens with one attached hydrogen (secondary N) is 1. The number of nitrogens with two attached hydrogens (primary N) is 1. The van der Waals surface area contributed by atoms with E-state index in [4.69, 9.17) is 5.73 Å². The van der Waals surface area contributed by atoms with Crippen LogP contribution in [0.15, 0.2) is 12.1 Å². The molecule has 17 heavy (non-hydrogen) atoms. The molecule has 0 aliphatic carbocycles. The largest absolute Gasteiger partial charge is 0.397 e. The standard InChI is InChI=1S/C12H18FIN2O/c1-11(2,12(3,4)17)16-10-5-7(13)8(14)6-9(10)15/h5-6,16-17H,15H2,1-4H3. The minimum atomic E-state index is -0.959. The molecule has 0 heterocycles. The first-order chi connectivity index (χ1) is 7.54. The Balaban J connectivity index is 3.08. The van der Waals surface area contributed by atoms with Gasteiger partial charge in [-0.2, -0.15) is 0 Å². The van der Waals surface area contributed by atoms with E-state index in [0.29, 0.717) is 14.9 Å². The Morgan fingerprint density at radius 2 is 1.82 bits per heavy atom. The Labute approximate surface area is 115 Å². The average molecular weight is 352 g/mol. The van der Waals surface area contributed by atoms with Crippen LogP contribution in [0.25, 0.3) is 0 Å². The first kappa shape index (κ1) is 14.5. The molecule has 96 valence electrons. The zero-order valence-electron chi connectivity index (χ0n) is 10.4. The second kappa shape index (κ2) is 4.61. The van der Waals surface area contributed by atoms with Crippen molar-refractivity contribution in [1.82, 2.24) is 0 Å². The smallest absolute Gasteiger partial charge is 0.138 e. The monoisotopic (exact) mass is 352 g/mol. The molecule has 0 aliphatic rings. The van der Waals surface area contributed by atoms with E-state index in [9.17, 15) is 9.50 Å². The highest BCUT2D eigenvalue weighted by atomic mass is 127. The van der Waals surface area contributed by atoms with E-state index >= 15 is 0 Å². The van der Waals surface area contributed by atoms with Crippen molar-refractivity contribution in [2.75, 3.05) is 11.1 Å². The summed E-state index contributed by atoms with van der Waals surface area (Å²) in [7, 11) is 0. The van der Waals surface area contributed by atoms with Crippen LogP contribution in [0.5, 0.6) is 0 Å². The number of aliphatic hydroxyl groups is 1. The predicted molar refractivity (Wildman–Crippen MR) is 77.5 cm³/mol. The number of benzene rings is 1. The summed E-state index contributed by atoms with van der Waals surface area (Å²) in [5, 5.41) is 13.1. The van der Waals surface area contributed by atoms with Gasteiger partial charge in [-0.1, -0.05) is 0 Å². The van der Waals surface area contributed by atoms with Gasteiger partial charge in [0.1, 0.15) is 5.82 Å². The summed E-state index contributed by atoms with van der Waals surface area (Å²) in [4.78, 5) is 0. The number of hydrogen-bond donors (Lipinski definition) is 3. The molecule has 3 nitrogen and oxygen atoms in total. The molecule has 0 aromatic heterocycles. The maximum absolute atomic E-state index is 13.5. The number of hydrogen-bond acceptors (Lipinski definition) is 3. The molecule has 1 aromatic rings. The molecule has 5 heteroatoms. The average Bonchev–Trinajstić information content (AvgIpc) is 2.12. The van der Waals surface area contributed by atoms with Crippen molar-refractivity contribution in [1.29, 1.82) is 0 Å². The molecule has 0 amide bonds. The Hall–Kier alpha value is -0.560. The van der Waals surface area contributed by atoms with Crippen LogP contribution < -0.4 is 11.1 Å². The number of rotatable bonds is 3. The molecule has 0 spiro atoms. The Morgan fingerprint density at radius 3 is 2.29 bits per heavy atom. The zero-order valence-corrected chi connectivity index (χ0v) is 12.6. The molecule has 1 rings (SSSR count). The second-order valence-electron chi connectivity index (χ2n) is 5.16. The molecule has 1 aromatic carbocycles. The van der Waals surface area contributed by atoms with Crippen LogP contribution in [-0.2, 0) is 0 Å². The van der Waals surface area contributed by atoms with Crippen LogP contribution in [0.2, 0.25) is 0 Å². The molecule has 0 atom stereocenters. The van der Waals surface area contributed by atoms with Crippen molar-refractivity contribution in [2.24, 2.45) is 0 Å².